The number of aromatic nitrogens is 1. The van der Waals surface area contributed by atoms with Crippen LogP contribution in [-0.4, -0.2) is 22.1 Å². The molecule has 25 heavy (non-hydrogen) atoms. The number of nitriles is 1. The number of benzene rings is 1. The van der Waals surface area contributed by atoms with Gasteiger partial charge >= 0.3 is 12.0 Å². The number of halogens is 2. The van der Waals surface area contributed by atoms with Gasteiger partial charge in [0.15, 0.2) is 5.75 Å². The molecule has 1 atom stereocenters. The van der Waals surface area contributed by atoms with E-state index in [1.807, 2.05) is 6.07 Å². The van der Waals surface area contributed by atoms with Gasteiger partial charge in [-0.25, -0.2) is 0 Å². The van der Waals surface area contributed by atoms with Crippen molar-refractivity contribution in [3.05, 3.63) is 53.3 Å². The van der Waals surface area contributed by atoms with Gasteiger partial charge in [0.1, 0.15) is 6.07 Å². The normalized spacial score (nSPS) is 16.6. The summed E-state index contributed by atoms with van der Waals surface area (Å²) in [7, 11) is 0. The molecule has 1 unspecified atom stereocenters. The molecule has 0 radical (unpaired) electrons. The summed E-state index contributed by atoms with van der Waals surface area (Å²) in [5.41, 5.74) is 0.941. The first-order valence-corrected chi connectivity index (χ1v) is 7.37. The Hall–Kier alpha value is -3.05. The molecule has 2 aromatic rings. The molecular formula is C17H13F2N3O3. The van der Waals surface area contributed by atoms with E-state index < -0.39 is 18.1 Å². The van der Waals surface area contributed by atoms with Crippen molar-refractivity contribution in [2.45, 2.75) is 25.7 Å². The fraction of sp³-hybridized carbons (Fsp3) is 0.235. The van der Waals surface area contributed by atoms with Gasteiger partial charge in [-0.2, -0.15) is 14.0 Å². The van der Waals surface area contributed by atoms with Gasteiger partial charge in [-0.05, 0) is 24.6 Å². The Bertz CT molecular complexity index is 878. The van der Waals surface area contributed by atoms with Crippen molar-refractivity contribution >= 4 is 11.6 Å². The van der Waals surface area contributed by atoms with Crippen LogP contribution < -0.4 is 9.64 Å². The summed E-state index contributed by atoms with van der Waals surface area (Å²) in [6, 6.07) is 7.81. The smallest absolute Gasteiger partial charge is 0.423 e. The molecule has 8 heteroatoms. The van der Waals surface area contributed by atoms with Crippen LogP contribution in [0.1, 0.15) is 29.7 Å². The van der Waals surface area contributed by atoms with E-state index in [1.54, 1.807) is 0 Å². The van der Waals surface area contributed by atoms with E-state index in [9.17, 15) is 18.7 Å². The summed E-state index contributed by atoms with van der Waals surface area (Å²) < 4.78 is 32.7. The molecule has 6 nitrogen and oxygen atoms in total. The van der Waals surface area contributed by atoms with Gasteiger partial charge in [0.05, 0.1) is 23.9 Å². The number of nitrogens with zero attached hydrogens (tertiary/aromatic N) is 3. The second kappa shape index (κ2) is 6.11. The molecular weight excluding hydrogens is 332 g/mol. The highest BCUT2D eigenvalue weighted by Gasteiger charge is 2.51. The Morgan fingerprint density at radius 2 is 2.20 bits per heavy atom. The zero-order chi connectivity index (χ0) is 18.2. The molecule has 128 valence electrons. The zero-order valence-electron chi connectivity index (χ0n) is 13.1. The first kappa shape index (κ1) is 16.8. The fourth-order valence-corrected chi connectivity index (χ4v) is 2.61. The predicted octanol–water partition coefficient (Wildman–Crippen LogP) is 2.52. The molecule has 1 N–H and O–H groups in total. The first-order chi connectivity index (χ1) is 11.8. The fourth-order valence-electron chi connectivity index (χ4n) is 2.61. The summed E-state index contributed by atoms with van der Waals surface area (Å²) in [4.78, 5) is 16.9. The van der Waals surface area contributed by atoms with Crippen molar-refractivity contribution < 1.29 is 23.4 Å². The molecule has 1 aliphatic rings. The van der Waals surface area contributed by atoms with Gasteiger partial charge in [0.2, 0.25) is 0 Å². The minimum absolute atomic E-state index is 0.122. The molecule has 0 spiro atoms. The number of pyridine rings is 1. The van der Waals surface area contributed by atoms with Crippen LogP contribution in [0.2, 0.25) is 0 Å². The van der Waals surface area contributed by atoms with Crippen LogP contribution in [0.3, 0.4) is 0 Å². The second-order valence-electron chi connectivity index (χ2n) is 5.58. The largest absolute Gasteiger partial charge is 0.483 e. The average molecular weight is 345 g/mol. The van der Waals surface area contributed by atoms with Gasteiger partial charge in [-0.1, -0.05) is 12.1 Å². The maximum atomic E-state index is 14.1. The molecule has 1 aromatic heterocycles. The summed E-state index contributed by atoms with van der Waals surface area (Å²) >= 11 is 0. The summed E-state index contributed by atoms with van der Waals surface area (Å²) in [5, 5.41) is 18.7. The number of ether oxygens (including phenoxy) is 1. The van der Waals surface area contributed by atoms with E-state index in [2.05, 4.69) is 9.72 Å². The highest BCUT2D eigenvalue weighted by atomic mass is 19.3. The van der Waals surface area contributed by atoms with E-state index in [-0.39, 0.29) is 29.1 Å². The average Bonchev–Trinajstić information content (AvgIpc) is 2.58. The number of rotatable bonds is 3. The van der Waals surface area contributed by atoms with Gasteiger partial charge in [0.25, 0.3) is 0 Å². The minimum Gasteiger partial charge on any atom is -0.423 e. The minimum atomic E-state index is -4.06. The molecule has 0 bridgehead atoms. The van der Waals surface area contributed by atoms with Gasteiger partial charge in [-0.3, -0.25) is 14.7 Å². The lowest BCUT2D eigenvalue weighted by Crippen LogP contribution is -2.50. The Kier molecular flexibility index (Phi) is 4.10. The number of fused-ring (bicyclic) bond motifs is 1. The van der Waals surface area contributed by atoms with Crippen molar-refractivity contribution in [1.82, 2.24) is 4.98 Å². The molecule has 1 aromatic carbocycles. The Morgan fingerprint density at radius 1 is 1.44 bits per heavy atom. The van der Waals surface area contributed by atoms with Crippen molar-refractivity contribution in [2.24, 2.45) is 0 Å². The summed E-state index contributed by atoms with van der Waals surface area (Å²) in [5.74, 6) is -1.77. The number of carbonyl (C=O) groups is 1. The maximum Gasteiger partial charge on any atom is 0.483 e. The number of para-hydroxylation sites is 1. The van der Waals surface area contributed by atoms with Crippen LogP contribution >= 0.6 is 0 Å². The van der Waals surface area contributed by atoms with Gasteiger partial charge < -0.3 is 9.84 Å². The predicted molar refractivity (Wildman–Crippen MR) is 82.8 cm³/mol. The summed E-state index contributed by atoms with van der Waals surface area (Å²) in [6.45, 7) is 1.20. The van der Waals surface area contributed by atoms with Crippen LogP contribution in [0.15, 0.2) is 36.7 Å². The molecule has 0 saturated carbocycles. The van der Waals surface area contributed by atoms with Crippen molar-refractivity contribution in [3.63, 3.8) is 0 Å². The third-order valence-electron chi connectivity index (χ3n) is 3.75. The number of aliphatic hydroxyl groups excluding tert-OH is 1. The first-order valence-electron chi connectivity index (χ1n) is 7.37. The number of anilines is 1. The SMILES string of the molecule is CC(O)c1cccc2c1OC(F)(F)C(=O)N2Cc1cncc(C#N)c1. The number of hydrogen-bond acceptors (Lipinski definition) is 5. The third kappa shape index (κ3) is 3.02. The van der Waals surface area contributed by atoms with E-state index in [0.29, 0.717) is 5.56 Å². The molecule has 1 aliphatic heterocycles. The van der Waals surface area contributed by atoms with Crippen LogP contribution in [0, 0.1) is 11.3 Å². The van der Waals surface area contributed by atoms with E-state index in [0.717, 1.165) is 4.90 Å². The Labute approximate surface area is 141 Å². The summed E-state index contributed by atoms with van der Waals surface area (Å²) in [6.07, 6.45) is -2.39. The Morgan fingerprint density at radius 3 is 2.88 bits per heavy atom. The van der Waals surface area contributed by atoms with Gasteiger partial charge in [-0.15, -0.1) is 0 Å². The zero-order valence-corrected chi connectivity index (χ0v) is 13.1. The van der Waals surface area contributed by atoms with Crippen LogP contribution in [0.25, 0.3) is 0 Å². The third-order valence-corrected chi connectivity index (χ3v) is 3.75. The number of aliphatic hydroxyl groups is 1. The molecule has 0 aliphatic carbocycles. The van der Waals surface area contributed by atoms with Gasteiger partial charge in [0, 0.05) is 18.0 Å². The lowest BCUT2D eigenvalue weighted by atomic mass is 10.1. The number of amides is 1. The molecule has 1 amide bonds. The highest BCUT2D eigenvalue weighted by molar-refractivity contribution is 6.01. The van der Waals surface area contributed by atoms with Crippen LogP contribution in [0.5, 0.6) is 5.75 Å². The van der Waals surface area contributed by atoms with E-state index in [1.165, 1.54) is 43.6 Å². The monoisotopic (exact) mass is 345 g/mol. The topological polar surface area (TPSA) is 86.5 Å². The lowest BCUT2D eigenvalue weighted by Gasteiger charge is -2.34. The molecule has 0 fully saturated rings. The maximum absolute atomic E-state index is 14.1. The van der Waals surface area contributed by atoms with Crippen molar-refractivity contribution in [2.75, 3.05) is 4.90 Å². The lowest BCUT2D eigenvalue weighted by molar-refractivity contribution is -0.193. The highest BCUT2D eigenvalue weighted by Crippen LogP contribution is 2.44. The van der Waals surface area contributed by atoms with Crippen LogP contribution in [-0.2, 0) is 11.3 Å². The number of alkyl halides is 2. The molecule has 2 heterocycles. The quantitative estimate of drug-likeness (QED) is 0.924. The van der Waals surface area contributed by atoms with Crippen molar-refractivity contribution in [1.29, 1.82) is 5.26 Å². The number of hydrogen-bond donors (Lipinski definition) is 1. The standard InChI is InChI=1S/C17H13F2N3O3/c1-10(23)13-3-2-4-14-15(13)25-17(18,19)16(24)22(14)9-12-5-11(6-20)7-21-8-12/h2-5,7-8,10,23H,9H2,1H3. The number of carbonyl (C=O) groups excluding carboxylic acids is 1. The van der Waals surface area contributed by atoms with E-state index >= 15 is 0 Å². The molecule has 3 rings (SSSR count). The molecule has 0 saturated heterocycles. The van der Waals surface area contributed by atoms with E-state index in [4.69, 9.17) is 5.26 Å². The van der Waals surface area contributed by atoms with Crippen LogP contribution in [0.4, 0.5) is 14.5 Å². The second-order valence-corrected chi connectivity index (χ2v) is 5.58. The van der Waals surface area contributed by atoms with Crippen molar-refractivity contribution in [3.8, 4) is 11.8 Å². The Balaban J connectivity index is 2.08.